The van der Waals surface area contributed by atoms with Gasteiger partial charge < -0.3 is 4.74 Å². The van der Waals surface area contributed by atoms with Crippen LogP contribution in [-0.2, 0) is 0 Å². The molecular weight excluding hydrogens is 205 g/mol. The van der Waals surface area contributed by atoms with Crippen LogP contribution in [0.1, 0.15) is 17.4 Å². The van der Waals surface area contributed by atoms with Crippen LogP contribution in [0, 0.1) is 0 Å². The zero-order valence-corrected chi connectivity index (χ0v) is 6.96. The van der Waals surface area contributed by atoms with Gasteiger partial charge in [-0.15, -0.1) is 0 Å². The molecule has 1 rings (SSSR count). The second-order valence-electron chi connectivity index (χ2n) is 2.38. The lowest BCUT2D eigenvalue weighted by molar-refractivity contribution is -0.154. The van der Waals surface area contributed by atoms with E-state index < -0.39 is 24.4 Å². The SMILES string of the molecule is CC(=O)c1nonc1OCC(F)(F)F. The minimum absolute atomic E-state index is 0.353. The van der Waals surface area contributed by atoms with E-state index in [1.165, 1.54) is 0 Å². The summed E-state index contributed by atoms with van der Waals surface area (Å²) in [4.78, 5) is 10.7. The summed E-state index contributed by atoms with van der Waals surface area (Å²) in [6.07, 6.45) is -4.49. The number of Topliss-reactive ketones (excluding diaryl/α,β-unsaturated/α-hetero) is 1. The van der Waals surface area contributed by atoms with Crippen LogP contribution in [0.2, 0.25) is 0 Å². The number of halogens is 3. The Balaban J connectivity index is 2.68. The maximum absolute atomic E-state index is 11.7. The quantitative estimate of drug-likeness (QED) is 0.701. The van der Waals surface area contributed by atoms with E-state index in [1.54, 1.807) is 0 Å². The highest BCUT2D eigenvalue weighted by Gasteiger charge is 2.30. The van der Waals surface area contributed by atoms with E-state index in [4.69, 9.17) is 0 Å². The topological polar surface area (TPSA) is 65.2 Å². The third kappa shape index (κ3) is 2.71. The Labute approximate surface area is 75.8 Å². The molecule has 0 aliphatic rings. The number of nitrogens with zero attached hydrogens (tertiary/aromatic N) is 2. The van der Waals surface area contributed by atoms with Gasteiger partial charge in [0.25, 0.3) is 5.88 Å². The van der Waals surface area contributed by atoms with E-state index in [-0.39, 0.29) is 5.69 Å². The lowest BCUT2D eigenvalue weighted by atomic mass is 10.3. The number of carbonyl (C=O) groups excluding carboxylic acids is 1. The molecule has 0 aliphatic heterocycles. The molecule has 0 saturated heterocycles. The molecule has 1 aromatic rings. The summed E-state index contributed by atoms with van der Waals surface area (Å²) in [6.45, 7) is -0.429. The van der Waals surface area contributed by atoms with Gasteiger partial charge >= 0.3 is 6.18 Å². The van der Waals surface area contributed by atoms with Gasteiger partial charge in [-0.25, -0.2) is 4.63 Å². The van der Waals surface area contributed by atoms with Gasteiger partial charge in [-0.3, -0.25) is 4.79 Å². The highest BCUT2D eigenvalue weighted by atomic mass is 19.4. The van der Waals surface area contributed by atoms with E-state index >= 15 is 0 Å². The van der Waals surface area contributed by atoms with Crippen LogP contribution in [0.4, 0.5) is 13.2 Å². The zero-order chi connectivity index (χ0) is 10.8. The van der Waals surface area contributed by atoms with Gasteiger partial charge in [0.2, 0.25) is 5.69 Å². The van der Waals surface area contributed by atoms with E-state index in [0.29, 0.717) is 0 Å². The number of rotatable bonds is 3. The average Bonchev–Trinajstić information content (AvgIpc) is 2.46. The second kappa shape index (κ2) is 3.64. The van der Waals surface area contributed by atoms with E-state index in [9.17, 15) is 18.0 Å². The van der Waals surface area contributed by atoms with Gasteiger partial charge in [0.15, 0.2) is 12.4 Å². The lowest BCUT2D eigenvalue weighted by Crippen LogP contribution is -2.20. The molecule has 1 aromatic heterocycles. The summed E-state index contributed by atoms with van der Waals surface area (Å²) >= 11 is 0. The molecule has 0 bridgehead atoms. The summed E-state index contributed by atoms with van der Waals surface area (Å²) in [7, 11) is 0. The number of hydrogen-bond acceptors (Lipinski definition) is 5. The highest BCUT2D eigenvalue weighted by Crippen LogP contribution is 2.19. The molecule has 0 aliphatic carbocycles. The van der Waals surface area contributed by atoms with Gasteiger partial charge in [0.05, 0.1) is 0 Å². The molecule has 0 fully saturated rings. The summed E-state index contributed by atoms with van der Waals surface area (Å²) in [5.74, 6) is -1.13. The number of ether oxygens (including phenoxy) is 1. The molecule has 1 heterocycles. The van der Waals surface area contributed by atoms with Gasteiger partial charge in [0, 0.05) is 6.92 Å². The fraction of sp³-hybridized carbons (Fsp3) is 0.500. The predicted molar refractivity (Wildman–Crippen MR) is 35.9 cm³/mol. The molecule has 0 saturated carbocycles. The Morgan fingerprint density at radius 1 is 1.50 bits per heavy atom. The minimum Gasteiger partial charge on any atom is -0.464 e. The molecule has 8 heteroatoms. The Morgan fingerprint density at radius 2 is 2.14 bits per heavy atom. The summed E-state index contributed by atoms with van der Waals surface area (Å²) < 4.78 is 43.3. The molecule has 0 radical (unpaired) electrons. The third-order valence-corrected chi connectivity index (χ3v) is 1.16. The van der Waals surface area contributed by atoms with Crippen molar-refractivity contribution in [2.24, 2.45) is 0 Å². The molecule has 0 spiro atoms. The normalized spacial score (nSPS) is 11.4. The largest absolute Gasteiger partial charge is 0.464 e. The Morgan fingerprint density at radius 3 is 2.64 bits per heavy atom. The number of hydrogen-bond donors (Lipinski definition) is 0. The van der Waals surface area contributed by atoms with Crippen LogP contribution in [-0.4, -0.2) is 28.9 Å². The average molecular weight is 210 g/mol. The molecule has 0 unspecified atom stereocenters. The number of carbonyl (C=O) groups is 1. The molecule has 0 amide bonds. The van der Waals surface area contributed by atoms with Crippen molar-refractivity contribution in [3.05, 3.63) is 5.69 Å². The number of aromatic nitrogens is 2. The Hall–Kier alpha value is -1.60. The number of alkyl halides is 3. The Bertz CT molecular complexity index is 333. The summed E-state index contributed by atoms with van der Waals surface area (Å²) in [5.41, 5.74) is -0.353. The molecule has 0 aromatic carbocycles. The molecule has 14 heavy (non-hydrogen) atoms. The summed E-state index contributed by atoms with van der Waals surface area (Å²) in [6, 6.07) is 0. The maximum atomic E-state index is 11.7. The fourth-order valence-electron chi connectivity index (χ4n) is 0.640. The first-order valence-electron chi connectivity index (χ1n) is 3.43. The van der Waals surface area contributed by atoms with Crippen LogP contribution in [0.5, 0.6) is 5.88 Å². The molecule has 78 valence electrons. The van der Waals surface area contributed by atoms with Crippen molar-refractivity contribution >= 4 is 5.78 Å². The summed E-state index contributed by atoms with van der Waals surface area (Å²) in [5, 5.41) is 6.10. The van der Waals surface area contributed by atoms with Crippen molar-refractivity contribution in [3.63, 3.8) is 0 Å². The standard InChI is InChI=1S/C6H5F3N2O3/c1-3(12)4-5(11-14-10-4)13-2-6(7,8)9/h2H2,1H3. The van der Waals surface area contributed by atoms with Gasteiger partial charge in [-0.05, 0) is 10.3 Å². The zero-order valence-electron chi connectivity index (χ0n) is 6.96. The first-order valence-corrected chi connectivity index (χ1v) is 3.43. The molecular formula is C6H5F3N2O3. The van der Waals surface area contributed by atoms with Crippen molar-refractivity contribution in [2.75, 3.05) is 6.61 Å². The predicted octanol–water partition coefficient (Wildman–Crippen LogP) is 1.21. The van der Waals surface area contributed by atoms with Crippen LogP contribution in [0.15, 0.2) is 4.63 Å². The van der Waals surface area contributed by atoms with Gasteiger partial charge in [0.1, 0.15) is 0 Å². The second-order valence-corrected chi connectivity index (χ2v) is 2.38. The van der Waals surface area contributed by atoms with Crippen molar-refractivity contribution in [2.45, 2.75) is 13.1 Å². The van der Waals surface area contributed by atoms with Crippen LogP contribution in [0.3, 0.4) is 0 Å². The number of ketones is 1. The van der Waals surface area contributed by atoms with Crippen molar-refractivity contribution in [3.8, 4) is 5.88 Å². The van der Waals surface area contributed by atoms with E-state index in [0.717, 1.165) is 6.92 Å². The monoisotopic (exact) mass is 210 g/mol. The van der Waals surface area contributed by atoms with Crippen LogP contribution < -0.4 is 4.74 Å². The minimum atomic E-state index is -4.49. The van der Waals surface area contributed by atoms with Gasteiger partial charge in [-0.2, -0.15) is 13.2 Å². The van der Waals surface area contributed by atoms with E-state index in [1.807, 2.05) is 0 Å². The van der Waals surface area contributed by atoms with Crippen LogP contribution >= 0.6 is 0 Å². The van der Waals surface area contributed by atoms with Gasteiger partial charge in [-0.1, -0.05) is 0 Å². The highest BCUT2D eigenvalue weighted by molar-refractivity contribution is 5.93. The Kier molecular flexibility index (Phi) is 2.73. The molecule has 5 nitrogen and oxygen atoms in total. The lowest BCUT2D eigenvalue weighted by Gasteiger charge is -2.05. The molecule has 0 N–H and O–H groups in total. The fourth-order valence-corrected chi connectivity index (χ4v) is 0.640. The third-order valence-electron chi connectivity index (χ3n) is 1.16. The van der Waals surface area contributed by atoms with Crippen molar-refractivity contribution in [1.29, 1.82) is 0 Å². The first-order chi connectivity index (χ1) is 6.40. The molecule has 0 atom stereocenters. The first kappa shape index (κ1) is 10.5. The van der Waals surface area contributed by atoms with Crippen molar-refractivity contribution < 1.29 is 27.3 Å². The van der Waals surface area contributed by atoms with E-state index in [2.05, 4.69) is 19.7 Å². The van der Waals surface area contributed by atoms with Crippen LogP contribution in [0.25, 0.3) is 0 Å². The smallest absolute Gasteiger partial charge is 0.422 e. The maximum Gasteiger partial charge on any atom is 0.422 e. The van der Waals surface area contributed by atoms with Crippen molar-refractivity contribution in [1.82, 2.24) is 10.3 Å².